The van der Waals surface area contributed by atoms with Crippen molar-refractivity contribution in [3.05, 3.63) is 69.3 Å². The SMILES string of the molecule is CCc1ccc(OCCNC(=O)c2ccc([N+](=O)[O-])c(C)c2)cc1. The van der Waals surface area contributed by atoms with E-state index in [1.165, 1.54) is 23.8 Å². The molecule has 0 atom stereocenters. The van der Waals surface area contributed by atoms with E-state index in [1.807, 2.05) is 24.3 Å². The number of nitrogens with zero attached hydrogens (tertiary/aromatic N) is 1. The van der Waals surface area contributed by atoms with Gasteiger partial charge < -0.3 is 10.1 Å². The summed E-state index contributed by atoms with van der Waals surface area (Å²) in [5, 5.41) is 13.5. The molecule has 6 heteroatoms. The van der Waals surface area contributed by atoms with Gasteiger partial charge in [-0.3, -0.25) is 14.9 Å². The summed E-state index contributed by atoms with van der Waals surface area (Å²) in [6, 6.07) is 12.1. The van der Waals surface area contributed by atoms with Gasteiger partial charge in [0.05, 0.1) is 11.5 Å². The van der Waals surface area contributed by atoms with Gasteiger partial charge in [-0.25, -0.2) is 0 Å². The molecule has 0 bridgehead atoms. The Kier molecular flexibility index (Phi) is 5.89. The summed E-state index contributed by atoms with van der Waals surface area (Å²) >= 11 is 0. The van der Waals surface area contributed by atoms with Crippen LogP contribution in [0.25, 0.3) is 0 Å². The lowest BCUT2D eigenvalue weighted by atomic mass is 10.1. The van der Waals surface area contributed by atoms with Crippen LogP contribution < -0.4 is 10.1 Å². The van der Waals surface area contributed by atoms with Gasteiger partial charge in [-0.1, -0.05) is 19.1 Å². The minimum absolute atomic E-state index is 0.00501. The molecule has 0 saturated heterocycles. The van der Waals surface area contributed by atoms with Gasteiger partial charge in [0.25, 0.3) is 11.6 Å². The monoisotopic (exact) mass is 328 g/mol. The topological polar surface area (TPSA) is 81.5 Å². The average molecular weight is 328 g/mol. The van der Waals surface area contributed by atoms with Crippen LogP contribution in [-0.4, -0.2) is 24.0 Å². The molecule has 2 rings (SSSR count). The fraction of sp³-hybridized carbons (Fsp3) is 0.278. The van der Waals surface area contributed by atoms with Crippen molar-refractivity contribution >= 4 is 11.6 Å². The van der Waals surface area contributed by atoms with Gasteiger partial charge in [-0.05, 0) is 43.2 Å². The first-order valence-corrected chi connectivity index (χ1v) is 7.76. The van der Waals surface area contributed by atoms with Gasteiger partial charge in [0, 0.05) is 17.2 Å². The maximum absolute atomic E-state index is 12.0. The number of benzene rings is 2. The Bertz CT molecular complexity index is 726. The quantitative estimate of drug-likeness (QED) is 0.480. The van der Waals surface area contributed by atoms with Crippen molar-refractivity contribution in [1.82, 2.24) is 5.32 Å². The van der Waals surface area contributed by atoms with E-state index in [4.69, 9.17) is 4.74 Å². The molecule has 0 aliphatic rings. The van der Waals surface area contributed by atoms with Crippen LogP contribution in [0.3, 0.4) is 0 Å². The van der Waals surface area contributed by atoms with Crippen LogP contribution >= 0.6 is 0 Å². The highest BCUT2D eigenvalue weighted by Gasteiger charge is 2.13. The number of nitro groups is 1. The normalized spacial score (nSPS) is 10.2. The molecule has 0 spiro atoms. The number of aryl methyl sites for hydroxylation is 2. The van der Waals surface area contributed by atoms with Crippen molar-refractivity contribution in [3.8, 4) is 5.75 Å². The van der Waals surface area contributed by atoms with Crippen LogP contribution in [0.5, 0.6) is 5.75 Å². The highest BCUT2D eigenvalue weighted by molar-refractivity contribution is 5.94. The lowest BCUT2D eigenvalue weighted by Crippen LogP contribution is -2.28. The van der Waals surface area contributed by atoms with E-state index in [-0.39, 0.29) is 11.6 Å². The molecule has 6 nitrogen and oxygen atoms in total. The van der Waals surface area contributed by atoms with Crippen molar-refractivity contribution in [1.29, 1.82) is 0 Å². The zero-order chi connectivity index (χ0) is 17.5. The summed E-state index contributed by atoms with van der Waals surface area (Å²) in [5.74, 6) is 0.477. The van der Waals surface area contributed by atoms with Gasteiger partial charge in [0.1, 0.15) is 12.4 Å². The number of carbonyl (C=O) groups is 1. The van der Waals surface area contributed by atoms with E-state index in [0.29, 0.717) is 24.3 Å². The van der Waals surface area contributed by atoms with Gasteiger partial charge in [-0.2, -0.15) is 0 Å². The molecule has 1 N–H and O–H groups in total. The highest BCUT2D eigenvalue weighted by Crippen LogP contribution is 2.18. The number of carbonyl (C=O) groups excluding carboxylic acids is 1. The lowest BCUT2D eigenvalue weighted by molar-refractivity contribution is -0.385. The van der Waals surface area contributed by atoms with Crippen LogP contribution in [0.1, 0.15) is 28.4 Å². The molecule has 24 heavy (non-hydrogen) atoms. The van der Waals surface area contributed by atoms with Crippen molar-refractivity contribution < 1.29 is 14.5 Å². The number of nitro benzene ring substituents is 1. The predicted octanol–water partition coefficient (Wildman–Crippen LogP) is 3.27. The summed E-state index contributed by atoms with van der Waals surface area (Å²) in [6.45, 7) is 4.40. The molecule has 0 fully saturated rings. The first kappa shape index (κ1) is 17.5. The van der Waals surface area contributed by atoms with Crippen LogP contribution in [0.2, 0.25) is 0 Å². The van der Waals surface area contributed by atoms with Crippen molar-refractivity contribution in [2.45, 2.75) is 20.3 Å². The smallest absolute Gasteiger partial charge is 0.272 e. The van der Waals surface area contributed by atoms with E-state index in [1.54, 1.807) is 6.92 Å². The second kappa shape index (κ2) is 8.10. The Morgan fingerprint density at radius 3 is 2.50 bits per heavy atom. The van der Waals surface area contributed by atoms with Crippen LogP contribution in [0.4, 0.5) is 5.69 Å². The zero-order valence-electron chi connectivity index (χ0n) is 13.7. The third-order valence-corrected chi connectivity index (χ3v) is 3.64. The van der Waals surface area contributed by atoms with E-state index in [0.717, 1.165) is 12.2 Å². The maximum Gasteiger partial charge on any atom is 0.272 e. The summed E-state index contributed by atoms with van der Waals surface area (Å²) < 4.78 is 5.56. The Morgan fingerprint density at radius 2 is 1.92 bits per heavy atom. The number of rotatable bonds is 7. The van der Waals surface area contributed by atoms with Gasteiger partial charge in [0.15, 0.2) is 0 Å². The summed E-state index contributed by atoms with van der Waals surface area (Å²) in [6.07, 6.45) is 0.977. The first-order chi connectivity index (χ1) is 11.5. The molecule has 2 aromatic carbocycles. The number of nitrogens with one attached hydrogen (secondary N) is 1. The Hall–Kier alpha value is -2.89. The first-order valence-electron chi connectivity index (χ1n) is 7.76. The molecular weight excluding hydrogens is 308 g/mol. The van der Waals surface area contributed by atoms with E-state index < -0.39 is 4.92 Å². The maximum atomic E-state index is 12.0. The van der Waals surface area contributed by atoms with Crippen molar-refractivity contribution in [3.63, 3.8) is 0 Å². The fourth-order valence-electron chi connectivity index (χ4n) is 2.26. The molecule has 0 unspecified atom stereocenters. The lowest BCUT2D eigenvalue weighted by Gasteiger charge is -2.09. The van der Waals surface area contributed by atoms with Crippen LogP contribution in [-0.2, 0) is 6.42 Å². The zero-order valence-corrected chi connectivity index (χ0v) is 13.7. The molecule has 0 aliphatic heterocycles. The molecule has 2 aromatic rings. The largest absolute Gasteiger partial charge is 0.492 e. The second-order valence-electron chi connectivity index (χ2n) is 5.36. The molecule has 0 saturated carbocycles. The van der Waals surface area contributed by atoms with Crippen molar-refractivity contribution in [2.75, 3.05) is 13.2 Å². The van der Waals surface area contributed by atoms with Crippen LogP contribution in [0, 0.1) is 17.0 Å². The molecule has 0 aliphatic carbocycles. The average Bonchev–Trinajstić information content (AvgIpc) is 2.58. The Balaban J connectivity index is 1.82. The molecule has 0 heterocycles. The van der Waals surface area contributed by atoms with Gasteiger partial charge in [-0.15, -0.1) is 0 Å². The van der Waals surface area contributed by atoms with E-state index in [2.05, 4.69) is 12.2 Å². The number of hydrogen-bond acceptors (Lipinski definition) is 4. The minimum Gasteiger partial charge on any atom is -0.492 e. The summed E-state index contributed by atoms with van der Waals surface area (Å²) in [7, 11) is 0. The third kappa shape index (κ3) is 4.55. The Labute approximate surface area is 140 Å². The summed E-state index contributed by atoms with van der Waals surface area (Å²) in [5.41, 5.74) is 2.10. The molecule has 1 amide bonds. The van der Waals surface area contributed by atoms with Crippen LogP contribution in [0.15, 0.2) is 42.5 Å². The standard InChI is InChI=1S/C18H20N2O4/c1-3-14-4-7-16(8-5-14)24-11-10-19-18(21)15-6-9-17(20(22)23)13(2)12-15/h4-9,12H,3,10-11H2,1-2H3,(H,19,21). The summed E-state index contributed by atoms with van der Waals surface area (Å²) in [4.78, 5) is 22.4. The van der Waals surface area contributed by atoms with Gasteiger partial charge in [0.2, 0.25) is 0 Å². The number of amides is 1. The Morgan fingerprint density at radius 1 is 1.21 bits per heavy atom. The number of ether oxygens (including phenoxy) is 1. The van der Waals surface area contributed by atoms with E-state index in [9.17, 15) is 14.9 Å². The fourth-order valence-corrected chi connectivity index (χ4v) is 2.26. The molecular formula is C18H20N2O4. The molecule has 0 aromatic heterocycles. The van der Waals surface area contributed by atoms with Gasteiger partial charge >= 0.3 is 0 Å². The molecule has 0 radical (unpaired) electrons. The highest BCUT2D eigenvalue weighted by atomic mass is 16.6. The predicted molar refractivity (Wildman–Crippen MR) is 91.5 cm³/mol. The van der Waals surface area contributed by atoms with E-state index >= 15 is 0 Å². The third-order valence-electron chi connectivity index (χ3n) is 3.64. The minimum atomic E-state index is -0.464. The number of hydrogen-bond donors (Lipinski definition) is 1. The second-order valence-corrected chi connectivity index (χ2v) is 5.36. The van der Waals surface area contributed by atoms with Crippen molar-refractivity contribution in [2.24, 2.45) is 0 Å². The molecule has 126 valence electrons.